The second-order valence-electron chi connectivity index (χ2n) is 3.43. The number of aromatic nitrogens is 2. The van der Waals surface area contributed by atoms with Crippen LogP contribution in [-0.4, -0.2) is 14.9 Å². The average Bonchev–Trinajstić information content (AvgIpc) is 2.46. The zero-order valence-corrected chi connectivity index (χ0v) is 8.36. The van der Waals surface area contributed by atoms with E-state index < -0.39 is 0 Å². The third kappa shape index (κ3) is 2.01. The molecule has 0 radical (unpaired) electrons. The van der Waals surface area contributed by atoms with Crippen LogP contribution in [0.4, 0.5) is 0 Å². The predicted octanol–water partition coefficient (Wildman–Crippen LogP) is 1.58. The van der Waals surface area contributed by atoms with E-state index in [-0.39, 0.29) is 11.8 Å². The van der Waals surface area contributed by atoms with Gasteiger partial charge in [-0.15, -0.1) is 0 Å². The van der Waals surface area contributed by atoms with Crippen molar-refractivity contribution < 1.29 is 5.11 Å². The summed E-state index contributed by atoms with van der Waals surface area (Å²) in [4.78, 5) is 0. The van der Waals surface area contributed by atoms with Crippen LogP contribution in [0.15, 0.2) is 6.20 Å². The lowest BCUT2D eigenvalue weighted by Gasteiger charge is -2.07. The van der Waals surface area contributed by atoms with Gasteiger partial charge in [-0.2, -0.15) is 5.10 Å². The summed E-state index contributed by atoms with van der Waals surface area (Å²) in [7, 11) is 0. The second-order valence-corrected chi connectivity index (χ2v) is 3.43. The summed E-state index contributed by atoms with van der Waals surface area (Å²) < 4.78 is 1.76. The van der Waals surface area contributed by atoms with Crippen molar-refractivity contribution in [2.24, 2.45) is 5.73 Å². The number of hydrogen-bond acceptors (Lipinski definition) is 3. The summed E-state index contributed by atoms with van der Waals surface area (Å²) in [6, 6.07) is 0.0868. The Kier molecular flexibility index (Phi) is 2.93. The summed E-state index contributed by atoms with van der Waals surface area (Å²) in [6.45, 7) is 5.94. The molecular formula is C9H17N3O. The highest BCUT2D eigenvalue weighted by Crippen LogP contribution is 2.22. The van der Waals surface area contributed by atoms with Gasteiger partial charge in [0.25, 0.3) is 0 Å². The quantitative estimate of drug-likeness (QED) is 0.747. The molecule has 4 heteroatoms. The average molecular weight is 183 g/mol. The highest BCUT2D eigenvalue weighted by Gasteiger charge is 2.13. The molecule has 0 aliphatic heterocycles. The molecule has 0 saturated carbocycles. The van der Waals surface area contributed by atoms with Crippen LogP contribution < -0.4 is 5.73 Å². The van der Waals surface area contributed by atoms with E-state index in [2.05, 4.69) is 18.9 Å². The zero-order valence-electron chi connectivity index (χ0n) is 8.36. The molecule has 4 nitrogen and oxygen atoms in total. The molecule has 1 rings (SSSR count). The molecule has 1 aromatic heterocycles. The summed E-state index contributed by atoms with van der Waals surface area (Å²) in [5.41, 5.74) is 6.20. The number of hydrogen-bond donors (Lipinski definition) is 2. The van der Waals surface area contributed by atoms with Gasteiger partial charge in [0.1, 0.15) is 5.69 Å². The molecule has 74 valence electrons. The van der Waals surface area contributed by atoms with E-state index in [1.54, 1.807) is 10.9 Å². The van der Waals surface area contributed by atoms with Crippen molar-refractivity contribution in [3.05, 3.63) is 11.9 Å². The molecule has 0 amide bonds. The van der Waals surface area contributed by atoms with Gasteiger partial charge in [-0.3, -0.25) is 4.68 Å². The Bertz CT molecular complexity index is 280. The van der Waals surface area contributed by atoms with Crippen LogP contribution in [0, 0.1) is 0 Å². The van der Waals surface area contributed by atoms with Crippen molar-refractivity contribution >= 4 is 0 Å². The molecule has 0 saturated heterocycles. The van der Waals surface area contributed by atoms with Gasteiger partial charge in [-0.05, 0) is 20.3 Å². The highest BCUT2D eigenvalue weighted by atomic mass is 16.3. The van der Waals surface area contributed by atoms with E-state index >= 15 is 0 Å². The lowest BCUT2D eigenvalue weighted by molar-refractivity contribution is 0.457. The maximum atomic E-state index is 9.48. The van der Waals surface area contributed by atoms with Gasteiger partial charge in [-0.1, -0.05) is 6.92 Å². The molecule has 3 N–H and O–H groups in total. The maximum Gasteiger partial charge on any atom is 0.158 e. The first-order valence-corrected chi connectivity index (χ1v) is 4.59. The number of nitrogens with two attached hydrogens (primary N) is 1. The van der Waals surface area contributed by atoms with E-state index in [9.17, 15) is 5.11 Å². The van der Waals surface area contributed by atoms with Gasteiger partial charge < -0.3 is 10.8 Å². The summed E-state index contributed by atoms with van der Waals surface area (Å²) >= 11 is 0. The standard InChI is InChI=1S/C9H17N3O/c1-4-6(2)12-5-8(13)9(11-12)7(3)10/h5-7,13H,4,10H2,1-3H3. The Morgan fingerprint density at radius 1 is 1.62 bits per heavy atom. The van der Waals surface area contributed by atoms with Crippen molar-refractivity contribution in [2.75, 3.05) is 0 Å². The SMILES string of the molecule is CCC(C)n1cc(O)c(C(C)N)n1. The molecule has 2 atom stereocenters. The molecular weight excluding hydrogens is 166 g/mol. The van der Waals surface area contributed by atoms with Gasteiger partial charge >= 0.3 is 0 Å². The molecule has 2 unspecified atom stereocenters. The van der Waals surface area contributed by atoms with Gasteiger partial charge in [0, 0.05) is 12.1 Å². The van der Waals surface area contributed by atoms with E-state index in [4.69, 9.17) is 5.73 Å². The fraction of sp³-hybridized carbons (Fsp3) is 0.667. The van der Waals surface area contributed by atoms with Crippen LogP contribution in [-0.2, 0) is 0 Å². The third-order valence-electron chi connectivity index (χ3n) is 2.21. The number of aromatic hydroxyl groups is 1. The Morgan fingerprint density at radius 3 is 2.62 bits per heavy atom. The van der Waals surface area contributed by atoms with E-state index in [0.29, 0.717) is 11.7 Å². The molecule has 1 aromatic rings. The summed E-state index contributed by atoms with van der Waals surface area (Å²) in [6.07, 6.45) is 2.62. The Labute approximate surface area is 78.4 Å². The second kappa shape index (κ2) is 3.79. The van der Waals surface area contributed by atoms with Crippen molar-refractivity contribution in [3.63, 3.8) is 0 Å². The molecule has 0 aromatic carbocycles. The minimum Gasteiger partial charge on any atom is -0.504 e. The smallest absolute Gasteiger partial charge is 0.158 e. The first kappa shape index (κ1) is 10.1. The van der Waals surface area contributed by atoms with E-state index in [1.807, 2.05) is 6.92 Å². The molecule has 0 aliphatic rings. The maximum absolute atomic E-state index is 9.48. The topological polar surface area (TPSA) is 64.1 Å². The molecule has 1 heterocycles. The molecule has 0 fully saturated rings. The van der Waals surface area contributed by atoms with Crippen LogP contribution in [0.5, 0.6) is 5.75 Å². The monoisotopic (exact) mass is 183 g/mol. The van der Waals surface area contributed by atoms with Crippen molar-refractivity contribution in [3.8, 4) is 5.75 Å². The predicted molar refractivity (Wildman–Crippen MR) is 51.5 cm³/mol. The third-order valence-corrected chi connectivity index (χ3v) is 2.21. The van der Waals surface area contributed by atoms with Gasteiger partial charge in [0.15, 0.2) is 5.75 Å². The zero-order chi connectivity index (χ0) is 10.0. The van der Waals surface area contributed by atoms with Crippen LogP contribution in [0.25, 0.3) is 0 Å². The molecule has 0 spiro atoms. The van der Waals surface area contributed by atoms with Crippen molar-refractivity contribution in [1.29, 1.82) is 0 Å². The molecule has 0 bridgehead atoms. The first-order chi connectivity index (χ1) is 6.06. The number of nitrogens with zero attached hydrogens (tertiary/aromatic N) is 2. The minimum atomic E-state index is -0.217. The van der Waals surface area contributed by atoms with E-state index in [0.717, 1.165) is 6.42 Å². The lowest BCUT2D eigenvalue weighted by Crippen LogP contribution is -2.09. The van der Waals surface area contributed by atoms with E-state index in [1.165, 1.54) is 0 Å². The Balaban J connectivity index is 2.95. The first-order valence-electron chi connectivity index (χ1n) is 4.59. The van der Waals surface area contributed by atoms with Crippen LogP contribution in [0.2, 0.25) is 0 Å². The highest BCUT2D eigenvalue weighted by molar-refractivity contribution is 5.25. The largest absolute Gasteiger partial charge is 0.504 e. The summed E-state index contributed by atoms with van der Waals surface area (Å²) in [5, 5.41) is 13.7. The molecule has 0 aliphatic carbocycles. The Morgan fingerprint density at radius 2 is 2.23 bits per heavy atom. The fourth-order valence-corrected chi connectivity index (χ4v) is 1.13. The minimum absolute atomic E-state index is 0.190. The van der Waals surface area contributed by atoms with Crippen LogP contribution >= 0.6 is 0 Å². The van der Waals surface area contributed by atoms with Gasteiger partial charge in [0.2, 0.25) is 0 Å². The summed E-state index contributed by atoms with van der Waals surface area (Å²) in [5.74, 6) is 0.190. The lowest BCUT2D eigenvalue weighted by atomic mass is 10.2. The van der Waals surface area contributed by atoms with Gasteiger partial charge in [-0.25, -0.2) is 0 Å². The van der Waals surface area contributed by atoms with Crippen molar-refractivity contribution in [1.82, 2.24) is 9.78 Å². The van der Waals surface area contributed by atoms with Crippen LogP contribution in [0.3, 0.4) is 0 Å². The Hall–Kier alpha value is -1.03. The normalized spacial score (nSPS) is 15.7. The number of rotatable bonds is 3. The van der Waals surface area contributed by atoms with Crippen molar-refractivity contribution in [2.45, 2.75) is 39.3 Å². The van der Waals surface area contributed by atoms with Crippen LogP contribution in [0.1, 0.15) is 45.0 Å². The van der Waals surface area contributed by atoms with Gasteiger partial charge in [0.05, 0.1) is 6.20 Å². The fourth-order valence-electron chi connectivity index (χ4n) is 1.13. The molecule has 13 heavy (non-hydrogen) atoms.